The third-order valence-electron chi connectivity index (χ3n) is 5.70. The first-order valence-electron chi connectivity index (χ1n) is 9.94. The summed E-state index contributed by atoms with van der Waals surface area (Å²) in [6, 6.07) is 5.71. The van der Waals surface area contributed by atoms with Gasteiger partial charge in [-0.25, -0.2) is 4.79 Å². The molecule has 3 aliphatic rings. The van der Waals surface area contributed by atoms with Gasteiger partial charge in [0.2, 0.25) is 12.7 Å². The van der Waals surface area contributed by atoms with Crippen molar-refractivity contribution in [1.29, 1.82) is 0 Å². The van der Waals surface area contributed by atoms with Crippen LogP contribution in [0.15, 0.2) is 18.2 Å². The van der Waals surface area contributed by atoms with Crippen molar-refractivity contribution < 1.29 is 23.8 Å². The van der Waals surface area contributed by atoms with E-state index in [1.807, 2.05) is 43.9 Å². The van der Waals surface area contributed by atoms with Crippen LogP contribution in [0.4, 0.5) is 4.79 Å². The van der Waals surface area contributed by atoms with Gasteiger partial charge in [-0.05, 0) is 57.2 Å². The summed E-state index contributed by atoms with van der Waals surface area (Å²) < 4.78 is 16.1. The standard InChI is InChI=1S/C21H28N2O5/c1-21(2,3)28-20(25)22-16-6-5-14-10-23(11-15(14)16)19(24)9-13-4-7-17-18(8-13)27-12-26-17/h4,7-8,14-16H,5-6,9-12H2,1-3H3,(H,22,25). The van der Waals surface area contributed by atoms with E-state index in [9.17, 15) is 9.59 Å². The van der Waals surface area contributed by atoms with Crippen molar-refractivity contribution >= 4 is 12.0 Å². The molecule has 1 saturated heterocycles. The zero-order valence-electron chi connectivity index (χ0n) is 16.7. The second-order valence-corrected chi connectivity index (χ2v) is 8.92. The van der Waals surface area contributed by atoms with Crippen LogP contribution in [-0.4, -0.2) is 48.4 Å². The van der Waals surface area contributed by atoms with Crippen LogP contribution in [0, 0.1) is 11.8 Å². The fourth-order valence-electron chi connectivity index (χ4n) is 4.44. The summed E-state index contributed by atoms with van der Waals surface area (Å²) >= 11 is 0. The minimum atomic E-state index is -0.510. The predicted octanol–water partition coefficient (Wildman–Crippen LogP) is 2.72. The van der Waals surface area contributed by atoms with Crippen LogP contribution in [0.5, 0.6) is 11.5 Å². The fraction of sp³-hybridized carbons (Fsp3) is 0.619. The number of fused-ring (bicyclic) bond motifs is 2. The number of rotatable bonds is 3. The molecular weight excluding hydrogens is 360 g/mol. The van der Waals surface area contributed by atoms with E-state index in [2.05, 4.69) is 5.32 Å². The van der Waals surface area contributed by atoms with Gasteiger partial charge in [0.15, 0.2) is 11.5 Å². The van der Waals surface area contributed by atoms with Crippen LogP contribution in [-0.2, 0) is 16.0 Å². The van der Waals surface area contributed by atoms with Crippen LogP contribution >= 0.6 is 0 Å². The van der Waals surface area contributed by atoms with Crippen LogP contribution in [0.1, 0.15) is 39.2 Å². The van der Waals surface area contributed by atoms with E-state index in [0.29, 0.717) is 30.6 Å². The quantitative estimate of drug-likeness (QED) is 0.862. The molecule has 2 amide bonds. The van der Waals surface area contributed by atoms with E-state index >= 15 is 0 Å². The molecule has 0 radical (unpaired) electrons. The Labute approximate surface area is 165 Å². The molecule has 7 heteroatoms. The Morgan fingerprint density at radius 3 is 2.75 bits per heavy atom. The van der Waals surface area contributed by atoms with E-state index < -0.39 is 5.60 Å². The maximum Gasteiger partial charge on any atom is 0.407 e. The number of hydrogen-bond acceptors (Lipinski definition) is 5. The molecule has 2 fully saturated rings. The number of alkyl carbamates (subject to hydrolysis) is 1. The topological polar surface area (TPSA) is 77.1 Å². The molecule has 0 bridgehead atoms. The molecule has 28 heavy (non-hydrogen) atoms. The SMILES string of the molecule is CC(C)(C)OC(=O)NC1CCC2CN(C(=O)Cc3ccc4c(c3)OCO4)CC21. The molecule has 2 heterocycles. The van der Waals surface area contributed by atoms with Gasteiger partial charge in [0.05, 0.1) is 6.42 Å². The molecule has 1 aromatic rings. The highest BCUT2D eigenvalue weighted by Crippen LogP contribution is 2.39. The van der Waals surface area contributed by atoms with Crippen LogP contribution in [0.2, 0.25) is 0 Å². The van der Waals surface area contributed by atoms with Gasteiger partial charge in [-0.15, -0.1) is 0 Å². The first-order chi connectivity index (χ1) is 13.3. The summed E-state index contributed by atoms with van der Waals surface area (Å²) in [6.45, 7) is 7.26. The Hall–Kier alpha value is -2.44. The van der Waals surface area contributed by atoms with Gasteiger partial charge in [-0.1, -0.05) is 6.07 Å². The van der Waals surface area contributed by atoms with Crippen LogP contribution in [0.3, 0.4) is 0 Å². The van der Waals surface area contributed by atoms with Gasteiger partial charge in [0.1, 0.15) is 5.60 Å². The smallest absolute Gasteiger partial charge is 0.407 e. The second kappa shape index (κ2) is 7.18. The molecule has 3 atom stereocenters. The van der Waals surface area contributed by atoms with Gasteiger partial charge in [-0.3, -0.25) is 4.79 Å². The van der Waals surface area contributed by atoms with Gasteiger partial charge in [0, 0.05) is 25.0 Å². The molecule has 0 spiro atoms. The van der Waals surface area contributed by atoms with Gasteiger partial charge >= 0.3 is 6.09 Å². The summed E-state index contributed by atoms with van der Waals surface area (Å²) in [6.07, 6.45) is 1.95. The van der Waals surface area contributed by atoms with Gasteiger partial charge in [0.25, 0.3) is 0 Å². The Morgan fingerprint density at radius 1 is 1.18 bits per heavy atom. The lowest BCUT2D eigenvalue weighted by Gasteiger charge is -2.25. The molecule has 1 aromatic carbocycles. The first kappa shape index (κ1) is 18.9. The number of benzene rings is 1. The average Bonchev–Trinajstić information content (AvgIpc) is 3.29. The summed E-state index contributed by atoms with van der Waals surface area (Å²) in [4.78, 5) is 26.9. The summed E-state index contributed by atoms with van der Waals surface area (Å²) in [5.74, 6) is 2.28. The molecule has 1 aliphatic carbocycles. The number of likely N-dealkylation sites (tertiary alicyclic amines) is 1. The summed E-state index contributed by atoms with van der Waals surface area (Å²) in [5.41, 5.74) is 0.416. The van der Waals surface area contributed by atoms with Crippen molar-refractivity contribution in [1.82, 2.24) is 10.2 Å². The van der Waals surface area contributed by atoms with Crippen molar-refractivity contribution in [2.75, 3.05) is 19.9 Å². The maximum atomic E-state index is 12.8. The zero-order chi connectivity index (χ0) is 19.9. The third kappa shape index (κ3) is 4.03. The van der Waals surface area contributed by atoms with Crippen molar-refractivity contribution in [3.8, 4) is 11.5 Å². The van der Waals surface area contributed by atoms with E-state index in [4.69, 9.17) is 14.2 Å². The number of carbonyl (C=O) groups excluding carboxylic acids is 2. The number of amides is 2. The Bertz CT molecular complexity index is 773. The largest absolute Gasteiger partial charge is 0.454 e. The molecule has 1 saturated carbocycles. The number of nitrogens with one attached hydrogen (secondary N) is 1. The van der Waals surface area contributed by atoms with Crippen molar-refractivity contribution in [3.05, 3.63) is 23.8 Å². The number of carbonyl (C=O) groups is 2. The van der Waals surface area contributed by atoms with Crippen molar-refractivity contribution in [2.24, 2.45) is 11.8 Å². The Balaban J connectivity index is 1.33. The Kier molecular flexibility index (Phi) is 4.85. The highest BCUT2D eigenvalue weighted by atomic mass is 16.7. The average molecular weight is 388 g/mol. The minimum Gasteiger partial charge on any atom is -0.454 e. The van der Waals surface area contributed by atoms with Gasteiger partial charge < -0.3 is 24.4 Å². The van der Waals surface area contributed by atoms with Gasteiger partial charge in [-0.2, -0.15) is 0 Å². The number of nitrogens with zero attached hydrogens (tertiary/aromatic N) is 1. The molecule has 2 aliphatic heterocycles. The van der Waals surface area contributed by atoms with E-state index in [1.165, 1.54) is 0 Å². The van der Waals surface area contributed by atoms with Crippen LogP contribution in [0.25, 0.3) is 0 Å². The number of hydrogen-bond donors (Lipinski definition) is 1. The molecule has 3 unspecified atom stereocenters. The lowest BCUT2D eigenvalue weighted by molar-refractivity contribution is -0.129. The first-order valence-corrected chi connectivity index (χ1v) is 9.94. The second-order valence-electron chi connectivity index (χ2n) is 8.92. The van der Waals surface area contributed by atoms with E-state index in [0.717, 1.165) is 30.7 Å². The molecule has 4 rings (SSSR count). The summed E-state index contributed by atoms with van der Waals surface area (Å²) in [5, 5.41) is 3.01. The predicted molar refractivity (Wildman–Crippen MR) is 102 cm³/mol. The molecule has 7 nitrogen and oxygen atoms in total. The highest BCUT2D eigenvalue weighted by Gasteiger charge is 2.44. The normalized spacial score (nSPS) is 25.5. The molecule has 152 valence electrons. The minimum absolute atomic E-state index is 0.0724. The molecule has 0 aromatic heterocycles. The lowest BCUT2D eigenvalue weighted by Crippen LogP contribution is -2.42. The molecule has 1 N–H and O–H groups in total. The van der Waals surface area contributed by atoms with Crippen LogP contribution < -0.4 is 14.8 Å². The fourth-order valence-corrected chi connectivity index (χ4v) is 4.44. The Morgan fingerprint density at radius 2 is 1.96 bits per heavy atom. The summed E-state index contributed by atoms with van der Waals surface area (Å²) in [7, 11) is 0. The highest BCUT2D eigenvalue weighted by molar-refractivity contribution is 5.79. The van der Waals surface area contributed by atoms with E-state index in [-0.39, 0.29) is 24.8 Å². The van der Waals surface area contributed by atoms with E-state index in [1.54, 1.807) is 0 Å². The monoisotopic (exact) mass is 388 g/mol. The maximum absolute atomic E-state index is 12.8. The number of ether oxygens (including phenoxy) is 3. The van der Waals surface area contributed by atoms with Crippen molar-refractivity contribution in [2.45, 2.75) is 51.7 Å². The third-order valence-corrected chi connectivity index (χ3v) is 5.70. The zero-order valence-corrected chi connectivity index (χ0v) is 16.7. The lowest BCUT2D eigenvalue weighted by atomic mass is 9.98. The van der Waals surface area contributed by atoms with Crippen molar-refractivity contribution in [3.63, 3.8) is 0 Å². The molecular formula is C21H28N2O5.